The largest absolute Gasteiger partial charge is 0.396 e. The smallest absolute Gasteiger partial charge is 0.248 e. The van der Waals surface area contributed by atoms with Gasteiger partial charge in [0, 0.05) is 12.3 Å². The standard InChI is InChI=1S/C14H22N2O3S/c1-12(16-9-7-13(11-17)8-10-16)20(18,19)15-14-5-3-2-4-6-14/h2-6,12-13,15,17H,7-11H2,1H3. The third kappa shape index (κ3) is 3.71. The molecular weight excluding hydrogens is 276 g/mol. The average Bonchev–Trinajstić information content (AvgIpc) is 2.47. The Morgan fingerprint density at radius 1 is 1.30 bits per heavy atom. The molecule has 0 spiro atoms. The number of piperidine rings is 1. The van der Waals surface area contributed by atoms with Gasteiger partial charge in [-0.1, -0.05) is 18.2 Å². The van der Waals surface area contributed by atoms with Gasteiger partial charge in [-0.2, -0.15) is 0 Å². The van der Waals surface area contributed by atoms with Crippen LogP contribution in [0.2, 0.25) is 0 Å². The first-order valence-corrected chi connectivity index (χ1v) is 8.49. The van der Waals surface area contributed by atoms with Gasteiger partial charge in [0.25, 0.3) is 0 Å². The molecule has 0 saturated carbocycles. The lowest BCUT2D eigenvalue weighted by Crippen LogP contribution is -2.46. The number of nitrogens with one attached hydrogen (secondary N) is 1. The van der Waals surface area contributed by atoms with E-state index in [0.29, 0.717) is 24.7 Å². The number of benzene rings is 1. The van der Waals surface area contributed by atoms with E-state index in [2.05, 4.69) is 4.72 Å². The van der Waals surface area contributed by atoms with E-state index in [1.54, 1.807) is 31.2 Å². The second-order valence-electron chi connectivity index (χ2n) is 5.27. The van der Waals surface area contributed by atoms with Crippen molar-refractivity contribution in [1.82, 2.24) is 4.90 Å². The van der Waals surface area contributed by atoms with Gasteiger partial charge in [-0.25, -0.2) is 8.42 Å². The molecule has 1 heterocycles. The van der Waals surface area contributed by atoms with Crippen LogP contribution in [0.5, 0.6) is 0 Å². The predicted octanol–water partition coefficient (Wildman–Crippen LogP) is 1.48. The number of rotatable bonds is 5. The summed E-state index contributed by atoms with van der Waals surface area (Å²) >= 11 is 0. The highest BCUT2D eigenvalue weighted by atomic mass is 32.2. The molecule has 1 atom stereocenters. The van der Waals surface area contributed by atoms with Crippen LogP contribution < -0.4 is 4.72 Å². The van der Waals surface area contributed by atoms with Crippen LogP contribution in [0.4, 0.5) is 5.69 Å². The van der Waals surface area contributed by atoms with Crippen molar-refractivity contribution in [3.05, 3.63) is 30.3 Å². The molecule has 2 N–H and O–H groups in total. The van der Waals surface area contributed by atoms with Crippen molar-refractivity contribution < 1.29 is 13.5 Å². The topological polar surface area (TPSA) is 69.6 Å². The van der Waals surface area contributed by atoms with E-state index < -0.39 is 15.4 Å². The van der Waals surface area contributed by atoms with Crippen molar-refractivity contribution in [3.8, 4) is 0 Å². The number of aliphatic hydroxyl groups excluding tert-OH is 1. The molecule has 1 saturated heterocycles. The molecule has 20 heavy (non-hydrogen) atoms. The fourth-order valence-corrected chi connectivity index (χ4v) is 3.69. The molecule has 2 rings (SSSR count). The van der Waals surface area contributed by atoms with E-state index in [4.69, 9.17) is 5.11 Å². The predicted molar refractivity (Wildman–Crippen MR) is 79.8 cm³/mol. The summed E-state index contributed by atoms with van der Waals surface area (Å²) in [6.45, 7) is 3.33. The van der Waals surface area contributed by atoms with Crippen LogP contribution in [0.15, 0.2) is 30.3 Å². The van der Waals surface area contributed by atoms with Crippen molar-refractivity contribution in [3.63, 3.8) is 0 Å². The Bertz CT molecular complexity index is 510. The molecule has 1 aliphatic heterocycles. The molecule has 112 valence electrons. The van der Waals surface area contributed by atoms with Gasteiger partial charge in [0.1, 0.15) is 5.37 Å². The highest BCUT2D eigenvalue weighted by molar-refractivity contribution is 7.93. The molecule has 6 heteroatoms. The second-order valence-corrected chi connectivity index (χ2v) is 7.25. The van der Waals surface area contributed by atoms with E-state index in [9.17, 15) is 8.42 Å². The lowest BCUT2D eigenvalue weighted by atomic mass is 9.98. The van der Waals surface area contributed by atoms with Gasteiger partial charge < -0.3 is 5.11 Å². The summed E-state index contributed by atoms with van der Waals surface area (Å²) in [6.07, 6.45) is 1.70. The second kappa shape index (κ2) is 6.56. The van der Waals surface area contributed by atoms with Crippen LogP contribution in [0.1, 0.15) is 19.8 Å². The highest BCUT2D eigenvalue weighted by Crippen LogP contribution is 2.21. The summed E-state index contributed by atoms with van der Waals surface area (Å²) < 4.78 is 27.3. The number of hydrogen-bond donors (Lipinski definition) is 2. The van der Waals surface area contributed by atoms with Gasteiger partial charge in [0.15, 0.2) is 0 Å². The van der Waals surface area contributed by atoms with Crippen LogP contribution in [-0.2, 0) is 10.0 Å². The minimum absolute atomic E-state index is 0.192. The molecule has 5 nitrogen and oxygen atoms in total. The Labute approximate surface area is 120 Å². The zero-order valence-corrected chi connectivity index (χ0v) is 12.5. The third-order valence-electron chi connectivity index (χ3n) is 3.90. The highest BCUT2D eigenvalue weighted by Gasteiger charge is 2.30. The van der Waals surface area contributed by atoms with Gasteiger partial charge in [0.2, 0.25) is 10.0 Å². The molecule has 0 aliphatic carbocycles. The van der Waals surface area contributed by atoms with Crippen LogP contribution >= 0.6 is 0 Å². The summed E-state index contributed by atoms with van der Waals surface area (Å²) in [5.41, 5.74) is 0.588. The molecule has 1 unspecified atom stereocenters. The molecule has 0 amide bonds. The number of likely N-dealkylation sites (tertiary alicyclic amines) is 1. The quantitative estimate of drug-likeness (QED) is 0.864. The maximum atomic E-state index is 12.3. The van der Waals surface area contributed by atoms with Gasteiger partial charge in [-0.15, -0.1) is 0 Å². The van der Waals surface area contributed by atoms with Gasteiger partial charge >= 0.3 is 0 Å². The van der Waals surface area contributed by atoms with E-state index in [0.717, 1.165) is 12.8 Å². The Morgan fingerprint density at radius 2 is 1.90 bits per heavy atom. The van der Waals surface area contributed by atoms with Crippen molar-refractivity contribution in [2.24, 2.45) is 5.92 Å². The fourth-order valence-electron chi connectivity index (χ4n) is 2.45. The van der Waals surface area contributed by atoms with E-state index in [1.165, 1.54) is 0 Å². The molecule has 1 aliphatic rings. The van der Waals surface area contributed by atoms with Crippen molar-refractivity contribution in [1.29, 1.82) is 0 Å². The van der Waals surface area contributed by atoms with E-state index in [1.807, 2.05) is 11.0 Å². The molecule has 0 bridgehead atoms. The summed E-state index contributed by atoms with van der Waals surface area (Å²) in [4.78, 5) is 1.96. The van der Waals surface area contributed by atoms with Crippen LogP contribution in [0.3, 0.4) is 0 Å². The number of nitrogens with zero attached hydrogens (tertiary/aromatic N) is 1. The summed E-state index contributed by atoms with van der Waals surface area (Å²) in [7, 11) is -3.42. The van der Waals surface area contributed by atoms with Gasteiger partial charge in [0.05, 0.1) is 0 Å². The zero-order chi connectivity index (χ0) is 14.6. The normalized spacial score (nSPS) is 19.7. The maximum Gasteiger partial charge on any atom is 0.248 e. The van der Waals surface area contributed by atoms with Crippen LogP contribution in [0, 0.1) is 5.92 Å². The van der Waals surface area contributed by atoms with E-state index in [-0.39, 0.29) is 6.61 Å². The Hall–Kier alpha value is -1.11. The fraction of sp³-hybridized carbons (Fsp3) is 0.571. The first-order valence-electron chi connectivity index (χ1n) is 6.94. The molecule has 0 aromatic heterocycles. The van der Waals surface area contributed by atoms with Crippen molar-refractivity contribution in [2.75, 3.05) is 24.4 Å². The number of hydrogen-bond acceptors (Lipinski definition) is 4. The lowest BCUT2D eigenvalue weighted by Gasteiger charge is -2.35. The van der Waals surface area contributed by atoms with Crippen LogP contribution in [-0.4, -0.2) is 43.5 Å². The lowest BCUT2D eigenvalue weighted by molar-refractivity contribution is 0.126. The number of anilines is 1. The van der Waals surface area contributed by atoms with Crippen molar-refractivity contribution in [2.45, 2.75) is 25.1 Å². The summed E-state index contributed by atoms with van der Waals surface area (Å²) in [5.74, 6) is 0.309. The first kappa shape index (κ1) is 15.3. The Balaban J connectivity index is 1.99. The monoisotopic (exact) mass is 298 g/mol. The minimum Gasteiger partial charge on any atom is -0.396 e. The van der Waals surface area contributed by atoms with Crippen molar-refractivity contribution >= 4 is 15.7 Å². The molecule has 0 radical (unpaired) electrons. The Kier molecular flexibility index (Phi) is 5.01. The zero-order valence-electron chi connectivity index (χ0n) is 11.7. The SMILES string of the molecule is CC(N1CCC(CO)CC1)S(=O)(=O)Nc1ccccc1. The Morgan fingerprint density at radius 3 is 2.45 bits per heavy atom. The molecule has 1 aromatic carbocycles. The molecular formula is C14H22N2O3S. The first-order chi connectivity index (χ1) is 9.53. The van der Waals surface area contributed by atoms with Gasteiger partial charge in [-0.05, 0) is 50.9 Å². The third-order valence-corrected chi connectivity index (χ3v) is 5.62. The number of aliphatic hydroxyl groups is 1. The average molecular weight is 298 g/mol. The summed E-state index contributed by atoms with van der Waals surface area (Å²) in [5, 5.41) is 8.55. The molecule has 1 fully saturated rings. The maximum absolute atomic E-state index is 12.3. The molecule has 1 aromatic rings. The number of sulfonamides is 1. The van der Waals surface area contributed by atoms with Crippen LogP contribution in [0.25, 0.3) is 0 Å². The van der Waals surface area contributed by atoms with Gasteiger partial charge in [-0.3, -0.25) is 9.62 Å². The summed E-state index contributed by atoms with van der Waals surface area (Å²) in [6, 6.07) is 8.93. The van der Waals surface area contributed by atoms with E-state index >= 15 is 0 Å². The minimum atomic E-state index is -3.42. The number of para-hydroxylation sites is 1.